The Morgan fingerprint density at radius 3 is 1.92 bits per heavy atom. The SMILES string of the molecule is CC(=O)N[C@@H](Cc1c[nH]cn1)C(=O)N[C@@H](C)C(=O)N[C@@H](CCCNC(=N)N)C(=O)N[C@@H](Cc1ccccc1)C(=O)N[C@@H](Cc1c[nH]c2ccccc12)C(=O)N[C@@H](CC(C)C)C(=O)O. The van der Waals surface area contributed by atoms with Crippen molar-refractivity contribution in [3.8, 4) is 0 Å². The molecule has 2 aromatic heterocycles. The van der Waals surface area contributed by atoms with Crippen LogP contribution in [0.5, 0.6) is 0 Å². The van der Waals surface area contributed by atoms with Crippen molar-refractivity contribution in [2.24, 2.45) is 11.7 Å². The first-order valence-electron chi connectivity index (χ1n) is 20.7. The number of aromatic amines is 2. The van der Waals surface area contributed by atoms with Gasteiger partial charge in [0.25, 0.3) is 0 Å². The molecule has 63 heavy (non-hydrogen) atoms. The van der Waals surface area contributed by atoms with E-state index in [2.05, 4.69) is 52.2 Å². The van der Waals surface area contributed by atoms with Crippen LogP contribution in [0.3, 0.4) is 0 Å². The van der Waals surface area contributed by atoms with Crippen molar-refractivity contribution in [3.63, 3.8) is 0 Å². The first-order chi connectivity index (χ1) is 30.0. The second kappa shape index (κ2) is 23.7. The highest BCUT2D eigenvalue weighted by Crippen LogP contribution is 2.20. The maximum atomic E-state index is 14.4. The van der Waals surface area contributed by atoms with E-state index in [1.807, 2.05) is 38.1 Å². The van der Waals surface area contributed by atoms with Crippen LogP contribution >= 0.6 is 0 Å². The lowest BCUT2D eigenvalue weighted by atomic mass is 10.00. The van der Waals surface area contributed by atoms with Gasteiger partial charge >= 0.3 is 5.97 Å². The van der Waals surface area contributed by atoms with Gasteiger partial charge in [0.1, 0.15) is 36.3 Å². The molecule has 0 spiro atoms. The molecular weight excluding hydrogens is 813 g/mol. The standard InChI is InChI=1S/C43H58N12O8/c1-24(2)17-36(42(62)63)55-41(61)34(19-28-21-48-31-14-9-8-13-30(28)31)54-40(60)33(18-27-11-6-5-7-12-27)53-38(58)32(15-10-16-47-43(44)45)52-37(57)25(3)50-39(59)35(51-26(4)56)20-29-22-46-23-49-29/h5-9,11-14,21-25,32-36,48H,10,15-20H2,1-4H3,(H,46,49)(H,50,59)(H,51,56)(H,52,57)(H,53,58)(H,54,60)(H,55,61)(H,62,63)(H4,44,45,47)/t25-,32-,33-,34-,35-,36-/m0/s1. The van der Waals surface area contributed by atoms with E-state index in [4.69, 9.17) is 11.1 Å². The predicted octanol–water partition coefficient (Wildman–Crippen LogP) is 0.261. The van der Waals surface area contributed by atoms with Gasteiger partial charge in [-0.1, -0.05) is 62.4 Å². The van der Waals surface area contributed by atoms with Crippen LogP contribution in [0.1, 0.15) is 63.8 Å². The fourth-order valence-electron chi connectivity index (χ4n) is 6.84. The van der Waals surface area contributed by atoms with E-state index in [0.717, 1.165) is 10.9 Å². The molecular formula is C43H58N12O8. The van der Waals surface area contributed by atoms with Crippen LogP contribution in [0.25, 0.3) is 10.9 Å². The maximum Gasteiger partial charge on any atom is 0.326 e. The lowest BCUT2D eigenvalue weighted by Gasteiger charge is -2.27. The van der Waals surface area contributed by atoms with Crippen LogP contribution in [-0.4, -0.2) is 110 Å². The number of amides is 6. The summed E-state index contributed by atoms with van der Waals surface area (Å²) in [5, 5.41) is 36.8. The Hall–Kier alpha value is -7.25. The monoisotopic (exact) mass is 870 g/mol. The number of benzene rings is 2. The third-order valence-electron chi connectivity index (χ3n) is 10.0. The van der Waals surface area contributed by atoms with E-state index in [9.17, 15) is 38.7 Å². The lowest BCUT2D eigenvalue weighted by Crippen LogP contribution is -2.60. The Morgan fingerprint density at radius 2 is 1.30 bits per heavy atom. The number of imidazole rings is 1. The molecule has 20 nitrogen and oxygen atoms in total. The predicted molar refractivity (Wildman–Crippen MR) is 234 cm³/mol. The van der Waals surface area contributed by atoms with Crippen molar-refractivity contribution < 1.29 is 38.7 Å². The summed E-state index contributed by atoms with van der Waals surface area (Å²) in [6.45, 7) is 6.46. The van der Waals surface area contributed by atoms with Gasteiger partial charge in [0.15, 0.2) is 5.96 Å². The highest BCUT2D eigenvalue weighted by atomic mass is 16.4. The van der Waals surface area contributed by atoms with Crippen LogP contribution in [-0.2, 0) is 52.8 Å². The minimum absolute atomic E-state index is 0.00386. The zero-order chi connectivity index (χ0) is 46.1. The number of carbonyl (C=O) groups excluding carboxylic acids is 6. The summed E-state index contributed by atoms with van der Waals surface area (Å²) in [6.07, 6.45) is 5.03. The van der Waals surface area contributed by atoms with Gasteiger partial charge in [-0.15, -0.1) is 0 Å². The van der Waals surface area contributed by atoms with Crippen molar-refractivity contribution in [2.75, 3.05) is 6.54 Å². The van der Waals surface area contributed by atoms with E-state index in [0.29, 0.717) is 16.8 Å². The summed E-state index contributed by atoms with van der Waals surface area (Å²) in [4.78, 5) is 104. The molecule has 0 fully saturated rings. The van der Waals surface area contributed by atoms with Crippen LogP contribution in [0.2, 0.25) is 0 Å². The number of fused-ring (bicyclic) bond motifs is 1. The number of nitrogens with two attached hydrogens (primary N) is 1. The third-order valence-corrected chi connectivity index (χ3v) is 10.0. The van der Waals surface area contributed by atoms with Crippen molar-refractivity contribution in [1.29, 1.82) is 5.41 Å². The Kier molecular flexibility index (Phi) is 18.2. The molecule has 0 saturated carbocycles. The van der Waals surface area contributed by atoms with Gasteiger partial charge in [-0.25, -0.2) is 9.78 Å². The van der Waals surface area contributed by atoms with Gasteiger partial charge in [0, 0.05) is 56.0 Å². The second-order valence-corrected chi connectivity index (χ2v) is 15.7. The number of nitrogens with zero attached hydrogens (tertiary/aromatic N) is 1. The number of H-pyrrole nitrogens is 2. The van der Waals surface area contributed by atoms with E-state index < -0.39 is 77.7 Å². The average molecular weight is 871 g/mol. The number of rotatable bonds is 24. The molecule has 0 saturated heterocycles. The van der Waals surface area contributed by atoms with Crippen LogP contribution in [0.4, 0.5) is 0 Å². The van der Waals surface area contributed by atoms with Gasteiger partial charge in [-0.05, 0) is 49.3 Å². The van der Waals surface area contributed by atoms with Crippen LogP contribution in [0.15, 0.2) is 73.3 Å². The molecule has 6 atom stereocenters. The van der Waals surface area contributed by atoms with E-state index in [1.54, 1.807) is 42.7 Å². The van der Waals surface area contributed by atoms with Crippen molar-refractivity contribution >= 4 is 58.3 Å². The zero-order valence-electron chi connectivity index (χ0n) is 35.7. The van der Waals surface area contributed by atoms with Gasteiger partial charge in [0.2, 0.25) is 35.4 Å². The first-order valence-corrected chi connectivity index (χ1v) is 20.7. The zero-order valence-corrected chi connectivity index (χ0v) is 35.7. The molecule has 20 heteroatoms. The number of carboxylic acid groups (broad SMARTS) is 1. The van der Waals surface area contributed by atoms with Crippen molar-refractivity contribution in [1.82, 2.24) is 52.2 Å². The summed E-state index contributed by atoms with van der Waals surface area (Å²) < 4.78 is 0. The molecule has 0 bridgehead atoms. The van der Waals surface area contributed by atoms with E-state index in [-0.39, 0.29) is 56.9 Å². The van der Waals surface area contributed by atoms with Gasteiger partial charge in [-0.2, -0.15) is 0 Å². The quantitative estimate of drug-likeness (QED) is 0.0258. The smallest absolute Gasteiger partial charge is 0.326 e. The second-order valence-electron chi connectivity index (χ2n) is 15.7. The fourth-order valence-corrected chi connectivity index (χ4v) is 6.84. The number of carbonyl (C=O) groups is 7. The highest BCUT2D eigenvalue weighted by molar-refractivity contribution is 5.97. The molecule has 2 aromatic carbocycles. The summed E-state index contributed by atoms with van der Waals surface area (Å²) in [7, 11) is 0. The molecule has 0 unspecified atom stereocenters. The minimum Gasteiger partial charge on any atom is -0.480 e. The number of aromatic nitrogens is 3. The molecule has 2 heterocycles. The van der Waals surface area contributed by atoms with Gasteiger partial charge in [-0.3, -0.25) is 34.2 Å². The fraction of sp³-hybridized carbons (Fsp3) is 0.419. The first kappa shape index (κ1) is 48.4. The number of hydrogen-bond acceptors (Lipinski definition) is 9. The largest absolute Gasteiger partial charge is 0.480 e. The number of guanidine groups is 1. The molecule has 4 aromatic rings. The highest BCUT2D eigenvalue weighted by Gasteiger charge is 2.33. The molecule has 6 amide bonds. The number of aliphatic carboxylic acids is 1. The van der Waals surface area contributed by atoms with Crippen LogP contribution < -0.4 is 43.0 Å². The summed E-state index contributed by atoms with van der Waals surface area (Å²) in [6, 6.07) is 8.81. The average Bonchev–Trinajstić information content (AvgIpc) is 3.90. The Labute approximate surface area is 364 Å². The molecule has 0 aliphatic carbocycles. The van der Waals surface area contributed by atoms with E-state index >= 15 is 0 Å². The molecule has 0 aliphatic heterocycles. The number of nitrogens with one attached hydrogen (secondary N) is 10. The normalized spacial score (nSPS) is 13.9. The number of carboxylic acids is 1. The number of hydrogen-bond donors (Lipinski definition) is 12. The number of para-hydroxylation sites is 1. The Morgan fingerprint density at radius 1 is 0.714 bits per heavy atom. The van der Waals surface area contributed by atoms with Crippen molar-refractivity contribution in [2.45, 2.75) is 102 Å². The molecule has 13 N–H and O–H groups in total. The van der Waals surface area contributed by atoms with Gasteiger partial charge in [0.05, 0.1) is 12.0 Å². The van der Waals surface area contributed by atoms with Crippen LogP contribution in [0, 0.1) is 11.3 Å². The lowest BCUT2D eigenvalue weighted by molar-refractivity contribution is -0.142. The topological polar surface area (TPSA) is 318 Å². The van der Waals surface area contributed by atoms with Crippen molar-refractivity contribution in [3.05, 3.63) is 90.1 Å². The minimum atomic E-state index is -1.31. The maximum absolute atomic E-state index is 14.4. The molecule has 0 radical (unpaired) electrons. The Bertz CT molecular complexity index is 2190. The Balaban J connectivity index is 1.59. The molecule has 338 valence electrons. The summed E-state index contributed by atoms with van der Waals surface area (Å²) >= 11 is 0. The van der Waals surface area contributed by atoms with E-state index in [1.165, 1.54) is 20.2 Å². The molecule has 4 rings (SSSR count). The summed E-state index contributed by atoms with van der Waals surface area (Å²) in [5.41, 5.74) is 8.06. The van der Waals surface area contributed by atoms with Gasteiger partial charge < -0.3 is 58.0 Å². The third kappa shape index (κ3) is 15.6. The molecule has 0 aliphatic rings. The summed E-state index contributed by atoms with van der Waals surface area (Å²) in [5.74, 6) is -5.77.